The van der Waals surface area contributed by atoms with Crippen molar-refractivity contribution in [3.63, 3.8) is 0 Å². The van der Waals surface area contributed by atoms with E-state index in [0.29, 0.717) is 6.42 Å². The standard InChI is InChI=1S/C18H30O3/c1-15(2)9-6-12-17(4,19)13-7-10-16(3)11-8-14-18(5,20)21/h7-11,13,19-21H,6,12,14H2,1-5H3. The molecule has 1 atom stereocenters. The van der Waals surface area contributed by atoms with E-state index in [1.807, 2.05) is 39.0 Å². The SMILES string of the molecule is CC(C)=CCCC(C)(O)C=CC=C(C)C=CCC(C)(O)O. The van der Waals surface area contributed by atoms with E-state index in [9.17, 15) is 5.11 Å². The molecule has 3 N–H and O–H groups in total. The van der Waals surface area contributed by atoms with Crippen LogP contribution in [0, 0.1) is 0 Å². The summed E-state index contributed by atoms with van der Waals surface area (Å²) < 4.78 is 0. The molecule has 0 aromatic rings. The van der Waals surface area contributed by atoms with Crippen LogP contribution < -0.4 is 0 Å². The Kier molecular flexibility index (Phi) is 8.48. The smallest absolute Gasteiger partial charge is 0.163 e. The summed E-state index contributed by atoms with van der Waals surface area (Å²) in [5.74, 6) is -1.67. The molecule has 0 saturated heterocycles. The van der Waals surface area contributed by atoms with Crippen LogP contribution in [-0.2, 0) is 0 Å². The van der Waals surface area contributed by atoms with Gasteiger partial charge >= 0.3 is 0 Å². The first-order valence-corrected chi connectivity index (χ1v) is 7.35. The van der Waals surface area contributed by atoms with E-state index in [1.54, 1.807) is 19.1 Å². The second-order valence-corrected chi connectivity index (χ2v) is 6.27. The van der Waals surface area contributed by atoms with E-state index in [-0.39, 0.29) is 6.42 Å². The second kappa shape index (κ2) is 8.98. The third-order valence-electron chi connectivity index (χ3n) is 2.90. The topological polar surface area (TPSA) is 60.7 Å². The van der Waals surface area contributed by atoms with E-state index < -0.39 is 11.4 Å². The van der Waals surface area contributed by atoms with Crippen LogP contribution in [0.15, 0.2) is 47.6 Å². The average molecular weight is 294 g/mol. The van der Waals surface area contributed by atoms with Gasteiger partial charge in [0.1, 0.15) is 0 Å². The predicted octanol–water partition coefficient (Wildman–Crippen LogP) is 3.63. The van der Waals surface area contributed by atoms with Crippen LogP contribution in [0.3, 0.4) is 0 Å². The van der Waals surface area contributed by atoms with Gasteiger partial charge in [0, 0.05) is 6.42 Å². The highest BCUT2D eigenvalue weighted by molar-refractivity contribution is 5.23. The van der Waals surface area contributed by atoms with E-state index in [0.717, 1.165) is 12.0 Å². The van der Waals surface area contributed by atoms with Crippen molar-refractivity contribution in [2.75, 3.05) is 0 Å². The lowest BCUT2D eigenvalue weighted by Crippen LogP contribution is -2.21. The Bertz CT molecular complexity index is 414. The summed E-state index contributed by atoms with van der Waals surface area (Å²) in [6, 6.07) is 0. The molecule has 0 aromatic carbocycles. The zero-order valence-electron chi connectivity index (χ0n) is 13.9. The number of rotatable bonds is 8. The molecule has 0 amide bonds. The van der Waals surface area contributed by atoms with Gasteiger partial charge < -0.3 is 15.3 Å². The monoisotopic (exact) mass is 294 g/mol. The summed E-state index contributed by atoms with van der Waals surface area (Å²) in [4.78, 5) is 0. The molecule has 0 radical (unpaired) electrons. The highest BCUT2D eigenvalue weighted by Crippen LogP contribution is 2.15. The largest absolute Gasteiger partial charge is 0.386 e. The second-order valence-electron chi connectivity index (χ2n) is 6.27. The van der Waals surface area contributed by atoms with Crippen LogP contribution >= 0.6 is 0 Å². The molecule has 0 rings (SSSR count). The maximum Gasteiger partial charge on any atom is 0.163 e. The first-order chi connectivity index (χ1) is 9.52. The molecule has 0 spiro atoms. The van der Waals surface area contributed by atoms with Crippen molar-refractivity contribution in [1.82, 2.24) is 0 Å². The van der Waals surface area contributed by atoms with E-state index >= 15 is 0 Å². The average Bonchev–Trinajstić information content (AvgIpc) is 2.25. The molecule has 0 aliphatic heterocycles. The van der Waals surface area contributed by atoms with Crippen LogP contribution in [0.2, 0.25) is 0 Å². The Labute approximate surface area is 129 Å². The summed E-state index contributed by atoms with van der Waals surface area (Å²) >= 11 is 0. The molecular weight excluding hydrogens is 264 g/mol. The molecule has 1 unspecified atom stereocenters. The Morgan fingerprint density at radius 2 is 1.67 bits per heavy atom. The molecule has 3 heteroatoms. The lowest BCUT2D eigenvalue weighted by atomic mass is 9.98. The number of allylic oxidation sites excluding steroid dienone is 6. The van der Waals surface area contributed by atoms with Crippen molar-refractivity contribution in [3.05, 3.63) is 47.6 Å². The highest BCUT2D eigenvalue weighted by Gasteiger charge is 2.14. The van der Waals surface area contributed by atoms with Crippen LogP contribution in [-0.4, -0.2) is 26.7 Å². The first-order valence-electron chi connectivity index (χ1n) is 7.35. The lowest BCUT2D eigenvalue weighted by Gasteiger charge is -2.17. The summed E-state index contributed by atoms with van der Waals surface area (Å²) in [5, 5.41) is 28.5. The normalized spacial score (nSPS) is 16.5. The minimum absolute atomic E-state index is 0.183. The third-order valence-corrected chi connectivity index (χ3v) is 2.90. The van der Waals surface area contributed by atoms with Crippen molar-refractivity contribution in [2.24, 2.45) is 0 Å². The molecule has 0 aliphatic rings. The van der Waals surface area contributed by atoms with Gasteiger partial charge in [0.05, 0.1) is 5.60 Å². The summed E-state index contributed by atoms with van der Waals surface area (Å²) in [5.41, 5.74) is 1.42. The van der Waals surface area contributed by atoms with Gasteiger partial charge in [0.15, 0.2) is 5.79 Å². The third kappa shape index (κ3) is 13.6. The van der Waals surface area contributed by atoms with E-state index in [2.05, 4.69) is 6.08 Å². The number of aliphatic hydroxyl groups is 3. The van der Waals surface area contributed by atoms with Crippen molar-refractivity contribution in [2.45, 2.75) is 65.3 Å². The molecule has 0 heterocycles. The highest BCUT2D eigenvalue weighted by atomic mass is 16.5. The maximum absolute atomic E-state index is 10.2. The summed E-state index contributed by atoms with van der Waals surface area (Å²) in [6.45, 7) is 9.16. The Balaban J connectivity index is 4.39. The van der Waals surface area contributed by atoms with Gasteiger partial charge in [-0.05, 0) is 47.5 Å². The van der Waals surface area contributed by atoms with Crippen LogP contribution in [0.25, 0.3) is 0 Å². The van der Waals surface area contributed by atoms with Gasteiger partial charge in [-0.1, -0.05) is 47.6 Å². The van der Waals surface area contributed by atoms with Gasteiger partial charge in [0.25, 0.3) is 0 Å². The molecule has 0 aromatic heterocycles. The lowest BCUT2D eigenvalue weighted by molar-refractivity contribution is -0.140. The maximum atomic E-state index is 10.2. The molecule has 120 valence electrons. The van der Waals surface area contributed by atoms with Gasteiger partial charge in [-0.25, -0.2) is 0 Å². The minimum atomic E-state index is -1.67. The molecule has 3 nitrogen and oxygen atoms in total. The Hall–Kier alpha value is -1.16. The predicted molar refractivity (Wildman–Crippen MR) is 88.8 cm³/mol. The fourth-order valence-electron chi connectivity index (χ4n) is 1.67. The van der Waals surface area contributed by atoms with Crippen molar-refractivity contribution in [3.8, 4) is 0 Å². The molecule has 0 bridgehead atoms. The van der Waals surface area contributed by atoms with Crippen molar-refractivity contribution >= 4 is 0 Å². The van der Waals surface area contributed by atoms with Gasteiger partial charge in [-0.2, -0.15) is 0 Å². The zero-order chi connectivity index (χ0) is 16.5. The molecule has 21 heavy (non-hydrogen) atoms. The van der Waals surface area contributed by atoms with E-state index in [1.165, 1.54) is 12.5 Å². The fraction of sp³-hybridized carbons (Fsp3) is 0.556. The zero-order valence-corrected chi connectivity index (χ0v) is 13.9. The molecule has 0 fully saturated rings. The number of hydrogen-bond donors (Lipinski definition) is 3. The van der Waals surface area contributed by atoms with E-state index in [4.69, 9.17) is 10.2 Å². The summed E-state index contributed by atoms with van der Waals surface area (Å²) in [6.07, 6.45) is 12.9. The quantitative estimate of drug-likeness (QED) is 0.364. The van der Waals surface area contributed by atoms with Crippen LogP contribution in [0.1, 0.15) is 53.9 Å². The van der Waals surface area contributed by atoms with Gasteiger partial charge in [0.2, 0.25) is 0 Å². The Morgan fingerprint density at radius 1 is 1.05 bits per heavy atom. The van der Waals surface area contributed by atoms with Crippen molar-refractivity contribution < 1.29 is 15.3 Å². The summed E-state index contributed by atoms with van der Waals surface area (Å²) in [7, 11) is 0. The van der Waals surface area contributed by atoms with Crippen LogP contribution in [0.5, 0.6) is 0 Å². The Morgan fingerprint density at radius 3 is 2.19 bits per heavy atom. The van der Waals surface area contributed by atoms with Gasteiger partial charge in [-0.3, -0.25) is 0 Å². The molecular formula is C18H30O3. The van der Waals surface area contributed by atoms with Gasteiger partial charge in [-0.15, -0.1) is 0 Å². The van der Waals surface area contributed by atoms with Crippen molar-refractivity contribution in [1.29, 1.82) is 0 Å². The minimum Gasteiger partial charge on any atom is -0.386 e. The number of hydrogen-bond acceptors (Lipinski definition) is 3. The molecule has 0 aliphatic carbocycles. The van der Waals surface area contributed by atoms with Crippen LogP contribution in [0.4, 0.5) is 0 Å². The fourth-order valence-corrected chi connectivity index (χ4v) is 1.67. The molecule has 0 saturated carbocycles. The first kappa shape index (κ1) is 19.8.